The highest BCUT2D eigenvalue weighted by atomic mass is 35.5. The van der Waals surface area contributed by atoms with Gasteiger partial charge in [0.2, 0.25) is 0 Å². The molecule has 4 rings (SSSR count). The molecule has 0 radical (unpaired) electrons. The first-order valence-electron chi connectivity index (χ1n) is 9.85. The first kappa shape index (κ1) is 24.7. The van der Waals surface area contributed by atoms with Gasteiger partial charge in [-0.05, 0) is 42.5 Å². The number of nitrogens with one attached hydrogen (secondary N) is 2. The first-order valence-corrected chi connectivity index (χ1v) is 12.6. The predicted molar refractivity (Wildman–Crippen MR) is 129 cm³/mol. The fourth-order valence-corrected chi connectivity index (χ4v) is 4.99. The first-order chi connectivity index (χ1) is 16.5. The Hall–Kier alpha value is -3.41. The molecule has 0 saturated carbocycles. The number of hydrogen-bond acceptors (Lipinski definition) is 5. The van der Waals surface area contributed by atoms with Crippen LogP contribution in [-0.2, 0) is 16.2 Å². The van der Waals surface area contributed by atoms with Gasteiger partial charge in [0.15, 0.2) is 5.13 Å². The average molecular weight is 538 g/mol. The summed E-state index contributed by atoms with van der Waals surface area (Å²) in [5.74, 6) is -0.750. The number of nitrogens with zero attached hydrogens (tertiary/aromatic N) is 1. The molecule has 35 heavy (non-hydrogen) atoms. The van der Waals surface area contributed by atoms with Crippen molar-refractivity contribution in [3.8, 4) is 11.3 Å². The van der Waals surface area contributed by atoms with Crippen LogP contribution in [0.3, 0.4) is 0 Å². The largest absolute Gasteiger partial charge is 0.418 e. The van der Waals surface area contributed by atoms with Crippen molar-refractivity contribution in [1.29, 1.82) is 0 Å². The van der Waals surface area contributed by atoms with Crippen LogP contribution in [0.5, 0.6) is 0 Å². The summed E-state index contributed by atoms with van der Waals surface area (Å²) in [6.07, 6.45) is -4.87. The molecule has 2 N–H and O–H groups in total. The molecular weight excluding hydrogens is 523 g/mol. The van der Waals surface area contributed by atoms with Crippen LogP contribution in [0.2, 0.25) is 5.02 Å². The third-order valence-electron chi connectivity index (χ3n) is 4.75. The van der Waals surface area contributed by atoms with Crippen molar-refractivity contribution >= 4 is 49.7 Å². The van der Waals surface area contributed by atoms with E-state index in [4.69, 9.17) is 11.6 Å². The normalized spacial score (nSPS) is 11.8. The van der Waals surface area contributed by atoms with E-state index in [-0.39, 0.29) is 20.6 Å². The fourth-order valence-electron chi connectivity index (χ4n) is 3.08. The zero-order valence-corrected chi connectivity index (χ0v) is 19.9. The Morgan fingerprint density at radius 1 is 0.971 bits per heavy atom. The quantitative estimate of drug-likeness (QED) is 0.292. The van der Waals surface area contributed by atoms with Gasteiger partial charge in [-0.2, -0.15) is 13.2 Å². The number of carbonyl (C=O) groups excluding carboxylic acids is 1. The van der Waals surface area contributed by atoms with Crippen molar-refractivity contribution < 1.29 is 26.4 Å². The van der Waals surface area contributed by atoms with Crippen LogP contribution in [0.4, 0.5) is 24.0 Å². The number of thiazole rings is 1. The number of rotatable bonds is 6. The second-order valence-corrected chi connectivity index (χ2v) is 10.2. The number of carbonyl (C=O) groups is 1. The summed E-state index contributed by atoms with van der Waals surface area (Å²) >= 11 is 6.89. The number of aromatic nitrogens is 1. The van der Waals surface area contributed by atoms with Crippen molar-refractivity contribution in [1.82, 2.24) is 4.98 Å². The molecule has 1 amide bonds. The Labute approximate surface area is 207 Å². The second-order valence-electron chi connectivity index (χ2n) is 7.18. The molecule has 0 atom stereocenters. The van der Waals surface area contributed by atoms with Gasteiger partial charge < -0.3 is 0 Å². The van der Waals surface area contributed by atoms with Crippen molar-refractivity contribution in [2.24, 2.45) is 0 Å². The van der Waals surface area contributed by atoms with Gasteiger partial charge in [0.25, 0.3) is 15.9 Å². The molecule has 1 heterocycles. The van der Waals surface area contributed by atoms with Crippen molar-refractivity contribution in [2.45, 2.75) is 11.1 Å². The number of sulfonamides is 1. The Morgan fingerprint density at radius 3 is 2.31 bits per heavy atom. The summed E-state index contributed by atoms with van der Waals surface area (Å²) in [6.45, 7) is 0. The maximum absolute atomic E-state index is 13.6. The van der Waals surface area contributed by atoms with E-state index in [2.05, 4.69) is 10.3 Å². The number of halogens is 4. The minimum atomic E-state index is -4.87. The molecule has 0 aliphatic rings. The van der Waals surface area contributed by atoms with Gasteiger partial charge in [-0.3, -0.25) is 14.8 Å². The summed E-state index contributed by atoms with van der Waals surface area (Å²) in [5, 5.41) is 4.75. The number of benzene rings is 3. The van der Waals surface area contributed by atoms with E-state index in [0.29, 0.717) is 11.8 Å². The Kier molecular flexibility index (Phi) is 6.84. The molecule has 1 aromatic heterocycles. The number of hydrogen-bond donors (Lipinski definition) is 2. The second kappa shape index (κ2) is 9.68. The third-order valence-corrected chi connectivity index (χ3v) is 7.14. The van der Waals surface area contributed by atoms with Gasteiger partial charge in [0.05, 0.1) is 21.8 Å². The highest BCUT2D eigenvalue weighted by Crippen LogP contribution is 2.36. The molecule has 180 valence electrons. The Morgan fingerprint density at radius 2 is 1.66 bits per heavy atom. The topological polar surface area (TPSA) is 88.2 Å². The van der Waals surface area contributed by atoms with E-state index in [9.17, 15) is 26.4 Å². The van der Waals surface area contributed by atoms with Gasteiger partial charge in [0, 0.05) is 21.5 Å². The molecule has 12 heteroatoms. The van der Waals surface area contributed by atoms with Gasteiger partial charge in [-0.1, -0.05) is 41.9 Å². The highest BCUT2D eigenvalue weighted by molar-refractivity contribution is 7.92. The van der Waals surface area contributed by atoms with Crippen LogP contribution in [0.25, 0.3) is 11.3 Å². The average Bonchev–Trinajstić information content (AvgIpc) is 3.27. The van der Waals surface area contributed by atoms with Crippen LogP contribution >= 0.6 is 22.9 Å². The standard InChI is InChI=1S/C23H15ClF3N3O3S2/c24-16-7-9-17(10-8-16)35(32,33)30-19-12-15(6-11-18(19)23(25,26)27)21(31)29-22-28-20(13-34-22)14-4-2-1-3-5-14/h1-13,30H,(H,28,29,31). The van der Waals surface area contributed by atoms with Crippen LogP contribution < -0.4 is 10.0 Å². The predicted octanol–water partition coefficient (Wildman–Crippen LogP) is 6.54. The summed E-state index contributed by atoms with van der Waals surface area (Å²) < 4.78 is 68.0. The molecule has 0 aliphatic carbocycles. The molecule has 0 saturated heterocycles. The lowest BCUT2D eigenvalue weighted by molar-refractivity contribution is -0.136. The van der Waals surface area contributed by atoms with E-state index >= 15 is 0 Å². The molecule has 3 aromatic carbocycles. The lowest BCUT2D eigenvalue weighted by Gasteiger charge is -2.16. The van der Waals surface area contributed by atoms with Gasteiger partial charge in [-0.15, -0.1) is 11.3 Å². The van der Waals surface area contributed by atoms with Crippen LogP contribution in [0, 0.1) is 0 Å². The Bertz CT molecular complexity index is 1470. The highest BCUT2D eigenvalue weighted by Gasteiger charge is 2.35. The fraction of sp³-hybridized carbons (Fsp3) is 0.0435. The van der Waals surface area contributed by atoms with E-state index in [1.165, 1.54) is 12.1 Å². The summed E-state index contributed by atoms with van der Waals surface area (Å²) in [7, 11) is -4.39. The molecular formula is C23H15ClF3N3O3S2. The zero-order valence-electron chi connectivity index (χ0n) is 17.5. The minimum absolute atomic E-state index is 0.191. The molecule has 6 nitrogen and oxygen atoms in total. The van der Waals surface area contributed by atoms with Crippen LogP contribution in [0.1, 0.15) is 15.9 Å². The smallest absolute Gasteiger partial charge is 0.298 e. The SMILES string of the molecule is O=C(Nc1nc(-c2ccccc2)cs1)c1ccc(C(F)(F)F)c(NS(=O)(=O)c2ccc(Cl)cc2)c1. The monoisotopic (exact) mass is 537 g/mol. The summed E-state index contributed by atoms with van der Waals surface area (Å²) in [5.41, 5.74) is -0.771. The van der Waals surface area contributed by atoms with E-state index < -0.39 is 33.4 Å². The molecule has 4 aromatic rings. The van der Waals surface area contributed by atoms with Crippen molar-refractivity contribution in [3.05, 3.63) is 94.3 Å². The van der Waals surface area contributed by atoms with Gasteiger partial charge in [-0.25, -0.2) is 13.4 Å². The van der Waals surface area contributed by atoms with Gasteiger partial charge >= 0.3 is 6.18 Å². The number of amides is 1. The number of alkyl halides is 3. The minimum Gasteiger partial charge on any atom is -0.298 e. The van der Waals surface area contributed by atoms with Gasteiger partial charge in [0.1, 0.15) is 0 Å². The lowest BCUT2D eigenvalue weighted by atomic mass is 10.1. The molecule has 0 unspecified atom stereocenters. The van der Waals surface area contributed by atoms with E-state index in [1.54, 1.807) is 5.38 Å². The maximum Gasteiger partial charge on any atom is 0.418 e. The number of anilines is 2. The lowest BCUT2D eigenvalue weighted by Crippen LogP contribution is -2.19. The third kappa shape index (κ3) is 5.81. The molecule has 0 fully saturated rings. The van der Waals surface area contributed by atoms with Crippen LogP contribution in [0.15, 0.2) is 83.1 Å². The molecule has 0 aliphatic heterocycles. The molecule has 0 bridgehead atoms. The zero-order chi connectivity index (χ0) is 25.2. The van der Waals surface area contributed by atoms with Crippen LogP contribution in [-0.4, -0.2) is 19.3 Å². The summed E-state index contributed by atoms with van der Waals surface area (Å²) in [4.78, 5) is 16.8. The van der Waals surface area contributed by atoms with E-state index in [0.717, 1.165) is 41.2 Å². The maximum atomic E-state index is 13.6. The summed E-state index contributed by atoms with van der Waals surface area (Å²) in [6, 6.07) is 16.5. The van der Waals surface area contributed by atoms with Crippen molar-refractivity contribution in [3.63, 3.8) is 0 Å². The van der Waals surface area contributed by atoms with E-state index in [1.807, 2.05) is 35.1 Å². The Balaban J connectivity index is 1.62. The molecule has 0 spiro atoms. The van der Waals surface area contributed by atoms with Crippen molar-refractivity contribution in [2.75, 3.05) is 10.0 Å².